The van der Waals surface area contributed by atoms with Gasteiger partial charge in [0.25, 0.3) is 0 Å². The molecule has 0 aliphatic heterocycles. The molecule has 0 saturated heterocycles. The molecule has 0 rings (SSSR count). The molecule has 0 saturated carbocycles. The van der Waals surface area contributed by atoms with Gasteiger partial charge in [0, 0.05) is 20.3 Å². The van der Waals surface area contributed by atoms with E-state index in [-0.39, 0.29) is 0 Å². The van der Waals surface area contributed by atoms with Crippen molar-refractivity contribution in [2.24, 2.45) is 0 Å². The minimum atomic E-state index is 0.613. The fourth-order valence-corrected chi connectivity index (χ4v) is 0. The van der Waals surface area contributed by atoms with Crippen molar-refractivity contribution in [2.75, 3.05) is 10.7 Å². The molecule has 0 fully saturated rings. The van der Waals surface area contributed by atoms with E-state index < -0.39 is 0 Å². The van der Waals surface area contributed by atoms with E-state index in [1.54, 1.807) is 0 Å². The van der Waals surface area contributed by atoms with E-state index >= 15 is 0 Å². The molecule has 0 heterocycles. The van der Waals surface area contributed by atoms with Crippen LogP contribution in [0.25, 0.3) is 0 Å². The number of hydrogen-bond acceptors (Lipinski definition) is 0. The fraction of sp³-hybridized carbons (Fsp3) is 1.00. The van der Waals surface area contributed by atoms with Gasteiger partial charge in [-0.15, -0.1) is 0 Å². The molecule has 0 amide bonds. The third-order valence-electron chi connectivity index (χ3n) is 0.425. The minimum absolute atomic E-state index is 0.613. The van der Waals surface area contributed by atoms with Crippen LogP contribution in [0.3, 0.4) is 0 Å². The first-order chi connectivity index (χ1) is 4.54. The van der Waals surface area contributed by atoms with E-state index in [1.807, 2.05) is 0 Å². The van der Waals surface area contributed by atoms with Gasteiger partial charge in [0.1, 0.15) is 0 Å². The maximum atomic E-state index is 3.33. The smallest absolute Gasteiger partial charge is 0.0214 e. The summed E-state index contributed by atoms with van der Waals surface area (Å²) in [5, 5.41) is 2.07. The Morgan fingerprint density at radius 1 is 0.900 bits per heavy atom. The van der Waals surface area contributed by atoms with Crippen molar-refractivity contribution in [3.8, 4) is 0 Å². The molecule has 0 bridgehead atoms. The highest BCUT2D eigenvalue weighted by molar-refractivity contribution is 9.12. The normalized spacial score (nSPS) is 15.0. The molecule has 2 unspecified atom stereocenters. The van der Waals surface area contributed by atoms with Crippen LogP contribution in [0, 0.1) is 0 Å². The summed E-state index contributed by atoms with van der Waals surface area (Å²) in [6.45, 7) is 4.18. The van der Waals surface area contributed by atoms with Crippen LogP contribution in [-0.2, 0) is 0 Å². The van der Waals surface area contributed by atoms with Crippen LogP contribution in [0.2, 0.25) is 0 Å². The van der Waals surface area contributed by atoms with E-state index in [0.717, 1.165) is 10.7 Å². The summed E-state index contributed by atoms with van der Waals surface area (Å²) < 4.78 is 0. The maximum absolute atomic E-state index is 3.33. The second-order valence-corrected chi connectivity index (χ2v) is 6.29. The molecular formula is C6H12Br4. The van der Waals surface area contributed by atoms with Crippen molar-refractivity contribution < 1.29 is 0 Å². The number of halogens is 4. The second kappa shape index (κ2) is 10.9. The standard InChI is InChI=1S/2C3H6Br2/c2*1-3(5)2-4/h2*3H,2H2,1H3. The highest BCUT2D eigenvalue weighted by Crippen LogP contribution is 1.99. The zero-order valence-corrected chi connectivity index (χ0v) is 12.4. The molecular weight excluding hydrogens is 392 g/mol. The van der Waals surface area contributed by atoms with Gasteiger partial charge in [0.05, 0.1) is 0 Å². The zero-order chi connectivity index (χ0) is 8.57. The van der Waals surface area contributed by atoms with Crippen molar-refractivity contribution in [3.05, 3.63) is 0 Å². The zero-order valence-electron chi connectivity index (χ0n) is 6.08. The number of alkyl halides is 4. The predicted molar refractivity (Wildman–Crippen MR) is 64.4 cm³/mol. The van der Waals surface area contributed by atoms with Gasteiger partial charge in [-0.05, 0) is 0 Å². The lowest BCUT2D eigenvalue weighted by Crippen LogP contribution is -1.85. The monoisotopic (exact) mass is 400 g/mol. The van der Waals surface area contributed by atoms with Crippen LogP contribution in [0.5, 0.6) is 0 Å². The first-order valence-electron chi connectivity index (χ1n) is 2.94. The molecule has 0 nitrogen and oxygen atoms in total. The van der Waals surface area contributed by atoms with Crippen molar-refractivity contribution >= 4 is 63.7 Å². The summed E-state index contributed by atoms with van der Waals surface area (Å²) in [6.07, 6.45) is 0. The Morgan fingerprint density at radius 2 is 1.00 bits per heavy atom. The van der Waals surface area contributed by atoms with Crippen LogP contribution < -0.4 is 0 Å². The first kappa shape index (κ1) is 14.4. The molecule has 4 heteroatoms. The molecule has 0 aliphatic carbocycles. The van der Waals surface area contributed by atoms with Crippen molar-refractivity contribution in [3.63, 3.8) is 0 Å². The van der Waals surface area contributed by atoms with Gasteiger partial charge in [-0.3, -0.25) is 0 Å². The van der Waals surface area contributed by atoms with Crippen LogP contribution in [0.15, 0.2) is 0 Å². The molecule has 0 spiro atoms. The van der Waals surface area contributed by atoms with Crippen LogP contribution in [-0.4, -0.2) is 20.3 Å². The predicted octanol–water partition coefficient (Wildman–Crippen LogP) is 4.33. The third kappa shape index (κ3) is 22.5. The lowest BCUT2D eigenvalue weighted by atomic mass is 10.6. The van der Waals surface area contributed by atoms with E-state index in [4.69, 9.17) is 0 Å². The van der Waals surface area contributed by atoms with Gasteiger partial charge in [0.15, 0.2) is 0 Å². The Bertz CT molecular complexity index is 45.7. The van der Waals surface area contributed by atoms with Gasteiger partial charge in [0.2, 0.25) is 0 Å². The molecule has 64 valence electrons. The van der Waals surface area contributed by atoms with Gasteiger partial charge in [-0.1, -0.05) is 77.6 Å². The molecule has 0 aromatic heterocycles. The Hall–Kier alpha value is 1.92. The lowest BCUT2D eigenvalue weighted by Gasteiger charge is -1.86. The molecule has 0 radical (unpaired) electrons. The van der Waals surface area contributed by atoms with Gasteiger partial charge in [-0.25, -0.2) is 0 Å². The number of hydrogen-bond donors (Lipinski definition) is 0. The highest BCUT2D eigenvalue weighted by atomic mass is 79.9. The van der Waals surface area contributed by atoms with Gasteiger partial charge in [-0.2, -0.15) is 0 Å². The molecule has 0 aliphatic rings. The second-order valence-electron chi connectivity index (χ2n) is 1.87. The largest absolute Gasteiger partial charge is 0.0916 e. The minimum Gasteiger partial charge on any atom is -0.0916 e. The van der Waals surface area contributed by atoms with Crippen molar-refractivity contribution in [2.45, 2.75) is 23.5 Å². The van der Waals surface area contributed by atoms with E-state index in [1.165, 1.54) is 0 Å². The van der Waals surface area contributed by atoms with Crippen molar-refractivity contribution in [1.82, 2.24) is 0 Å². The van der Waals surface area contributed by atoms with Crippen LogP contribution >= 0.6 is 63.7 Å². The summed E-state index contributed by atoms with van der Waals surface area (Å²) in [7, 11) is 0. The van der Waals surface area contributed by atoms with Gasteiger partial charge < -0.3 is 0 Å². The summed E-state index contributed by atoms with van der Waals surface area (Å²) in [6, 6.07) is 0. The van der Waals surface area contributed by atoms with Crippen LogP contribution in [0.1, 0.15) is 13.8 Å². The molecule has 0 N–H and O–H groups in total. The summed E-state index contributed by atoms with van der Waals surface area (Å²) in [4.78, 5) is 1.23. The molecule has 0 aromatic carbocycles. The number of rotatable bonds is 2. The summed E-state index contributed by atoms with van der Waals surface area (Å²) >= 11 is 13.2. The van der Waals surface area contributed by atoms with E-state index in [2.05, 4.69) is 77.6 Å². The average Bonchev–Trinajstić information content (AvgIpc) is 1.89. The SMILES string of the molecule is CC(Br)CBr.CC(Br)CBr. The average molecular weight is 404 g/mol. The summed E-state index contributed by atoms with van der Waals surface area (Å²) in [5.41, 5.74) is 0. The van der Waals surface area contributed by atoms with Crippen LogP contribution in [0.4, 0.5) is 0 Å². The Balaban J connectivity index is 0. The first-order valence-corrected chi connectivity index (χ1v) is 7.02. The lowest BCUT2D eigenvalue weighted by molar-refractivity contribution is 1.17. The highest BCUT2D eigenvalue weighted by Gasteiger charge is 1.84. The van der Waals surface area contributed by atoms with Gasteiger partial charge >= 0.3 is 0 Å². The molecule has 10 heavy (non-hydrogen) atoms. The topological polar surface area (TPSA) is 0 Å². The molecule has 2 atom stereocenters. The maximum Gasteiger partial charge on any atom is 0.0214 e. The fourth-order valence-electron chi connectivity index (χ4n) is 0. The summed E-state index contributed by atoms with van der Waals surface area (Å²) in [5.74, 6) is 0. The van der Waals surface area contributed by atoms with E-state index in [9.17, 15) is 0 Å². The quantitative estimate of drug-likeness (QED) is 0.602. The Labute approximate surface area is 97.0 Å². The molecule has 0 aromatic rings. The third-order valence-corrected chi connectivity index (χ3v) is 4.75. The van der Waals surface area contributed by atoms with Crippen molar-refractivity contribution in [1.29, 1.82) is 0 Å². The Kier molecular flexibility index (Phi) is 15.8. The Morgan fingerprint density at radius 3 is 1.00 bits per heavy atom. The van der Waals surface area contributed by atoms with E-state index in [0.29, 0.717) is 9.65 Å².